The first-order chi connectivity index (χ1) is 14.2. The van der Waals surface area contributed by atoms with E-state index in [1.165, 1.54) is 0 Å². The van der Waals surface area contributed by atoms with Gasteiger partial charge in [0, 0.05) is 31.2 Å². The molecule has 1 heterocycles. The normalized spacial score (nSPS) is 18.1. The lowest BCUT2D eigenvalue weighted by atomic mass is 10.1. The van der Waals surface area contributed by atoms with E-state index < -0.39 is 12.1 Å². The quantitative estimate of drug-likeness (QED) is 0.732. The van der Waals surface area contributed by atoms with Gasteiger partial charge >= 0.3 is 5.97 Å². The highest BCUT2D eigenvalue weighted by atomic mass is 16.5. The number of hydrogen-bond donors (Lipinski definition) is 1. The van der Waals surface area contributed by atoms with Gasteiger partial charge in [-0.2, -0.15) is 0 Å². The largest absolute Gasteiger partial charge is 0.444 e. The molecule has 6 heteroatoms. The minimum absolute atomic E-state index is 0.201. The molecule has 152 valence electrons. The zero-order chi connectivity index (χ0) is 20.1. The van der Waals surface area contributed by atoms with Gasteiger partial charge in [0.05, 0.1) is 18.8 Å². The fraction of sp³-hybridized carbons (Fsp3) is 0.391. The molecule has 0 unspecified atom stereocenters. The Labute approximate surface area is 170 Å². The number of amides is 1. The van der Waals surface area contributed by atoms with E-state index in [2.05, 4.69) is 10.2 Å². The SMILES string of the molecule is O=C(O[C@@H](C(=O)NC1CC1)c1ccccc1)c1ccc(CN2CCOCC2)cc1. The van der Waals surface area contributed by atoms with Crippen LogP contribution in [0.2, 0.25) is 0 Å². The number of ether oxygens (including phenoxy) is 2. The van der Waals surface area contributed by atoms with Crippen LogP contribution in [0.25, 0.3) is 0 Å². The van der Waals surface area contributed by atoms with Crippen LogP contribution in [0.15, 0.2) is 54.6 Å². The molecule has 6 nitrogen and oxygen atoms in total. The Morgan fingerprint density at radius 3 is 2.38 bits per heavy atom. The third kappa shape index (κ3) is 5.43. The highest BCUT2D eigenvalue weighted by molar-refractivity contribution is 5.92. The molecule has 4 rings (SSSR count). The number of morpholine rings is 1. The molecule has 1 saturated heterocycles. The summed E-state index contributed by atoms with van der Waals surface area (Å²) in [7, 11) is 0. The molecule has 1 saturated carbocycles. The first-order valence-electron chi connectivity index (χ1n) is 10.1. The van der Waals surface area contributed by atoms with Crippen LogP contribution < -0.4 is 5.32 Å². The Balaban J connectivity index is 1.41. The second-order valence-corrected chi connectivity index (χ2v) is 7.56. The predicted octanol–water partition coefficient (Wildman–Crippen LogP) is 2.70. The fourth-order valence-corrected chi connectivity index (χ4v) is 3.34. The van der Waals surface area contributed by atoms with Gasteiger partial charge in [0.2, 0.25) is 6.10 Å². The van der Waals surface area contributed by atoms with Crippen molar-refractivity contribution in [2.24, 2.45) is 0 Å². The number of nitrogens with one attached hydrogen (secondary N) is 1. The monoisotopic (exact) mass is 394 g/mol. The molecule has 1 amide bonds. The van der Waals surface area contributed by atoms with E-state index in [1.54, 1.807) is 24.3 Å². The third-order valence-electron chi connectivity index (χ3n) is 5.19. The Bertz CT molecular complexity index is 828. The molecule has 1 aliphatic heterocycles. The number of esters is 1. The van der Waals surface area contributed by atoms with Crippen LogP contribution in [-0.4, -0.2) is 49.1 Å². The molecule has 1 aliphatic carbocycles. The smallest absolute Gasteiger partial charge is 0.339 e. The summed E-state index contributed by atoms with van der Waals surface area (Å²) in [6, 6.07) is 16.7. The number of carbonyl (C=O) groups excluding carboxylic acids is 2. The zero-order valence-corrected chi connectivity index (χ0v) is 16.4. The van der Waals surface area contributed by atoms with Crippen molar-refractivity contribution in [3.05, 3.63) is 71.3 Å². The zero-order valence-electron chi connectivity index (χ0n) is 16.4. The molecule has 2 aromatic carbocycles. The average Bonchev–Trinajstić information content (AvgIpc) is 3.57. The number of benzene rings is 2. The molecule has 1 atom stereocenters. The molecule has 0 spiro atoms. The Hall–Kier alpha value is -2.70. The second kappa shape index (κ2) is 9.20. The maximum atomic E-state index is 12.7. The molecule has 1 N–H and O–H groups in total. The first kappa shape index (κ1) is 19.6. The Morgan fingerprint density at radius 2 is 1.72 bits per heavy atom. The molecule has 29 heavy (non-hydrogen) atoms. The standard InChI is InChI=1S/C23H26N2O4/c26-22(24-20-10-11-20)21(18-4-2-1-3-5-18)29-23(27)19-8-6-17(7-9-19)16-25-12-14-28-15-13-25/h1-9,20-21H,10-16H2,(H,24,26)/t21-/m1/s1. The summed E-state index contributed by atoms with van der Waals surface area (Å²) < 4.78 is 11.0. The van der Waals surface area contributed by atoms with Gasteiger partial charge in [0.15, 0.2) is 0 Å². The average molecular weight is 394 g/mol. The molecule has 0 aromatic heterocycles. The molecular weight excluding hydrogens is 368 g/mol. The van der Waals surface area contributed by atoms with Gasteiger partial charge in [-0.05, 0) is 30.5 Å². The number of rotatable bonds is 7. The van der Waals surface area contributed by atoms with E-state index in [9.17, 15) is 9.59 Å². The molecule has 0 radical (unpaired) electrons. The lowest BCUT2D eigenvalue weighted by Crippen LogP contribution is -2.35. The van der Waals surface area contributed by atoms with Crippen LogP contribution in [-0.2, 0) is 20.8 Å². The van der Waals surface area contributed by atoms with E-state index >= 15 is 0 Å². The lowest BCUT2D eigenvalue weighted by Gasteiger charge is -2.26. The second-order valence-electron chi connectivity index (χ2n) is 7.56. The summed E-state index contributed by atoms with van der Waals surface area (Å²) in [5.41, 5.74) is 2.24. The molecular formula is C23H26N2O4. The summed E-state index contributed by atoms with van der Waals surface area (Å²) in [6.45, 7) is 4.18. The summed E-state index contributed by atoms with van der Waals surface area (Å²) in [5.74, 6) is -0.765. The van der Waals surface area contributed by atoms with Gasteiger partial charge in [0.1, 0.15) is 0 Å². The molecule has 2 aliphatic rings. The van der Waals surface area contributed by atoms with Crippen molar-refractivity contribution in [1.29, 1.82) is 0 Å². The van der Waals surface area contributed by atoms with Crippen molar-refractivity contribution in [2.75, 3.05) is 26.3 Å². The maximum Gasteiger partial charge on any atom is 0.339 e. The lowest BCUT2D eigenvalue weighted by molar-refractivity contribution is -0.130. The van der Waals surface area contributed by atoms with Crippen LogP contribution in [0.3, 0.4) is 0 Å². The van der Waals surface area contributed by atoms with Crippen molar-refractivity contribution in [2.45, 2.75) is 31.5 Å². The first-order valence-corrected chi connectivity index (χ1v) is 10.1. The van der Waals surface area contributed by atoms with E-state index in [0.717, 1.165) is 51.3 Å². The Kier molecular flexibility index (Phi) is 6.22. The van der Waals surface area contributed by atoms with E-state index in [4.69, 9.17) is 9.47 Å². The third-order valence-corrected chi connectivity index (χ3v) is 5.19. The van der Waals surface area contributed by atoms with Gasteiger partial charge < -0.3 is 14.8 Å². The van der Waals surface area contributed by atoms with Gasteiger partial charge in [-0.1, -0.05) is 42.5 Å². The topological polar surface area (TPSA) is 67.9 Å². The highest BCUT2D eigenvalue weighted by Gasteiger charge is 2.31. The van der Waals surface area contributed by atoms with E-state index in [-0.39, 0.29) is 11.9 Å². The number of hydrogen-bond acceptors (Lipinski definition) is 5. The van der Waals surface area contributed by atoms with Crippen LogP contribution >= 0.6 is 0 Å². The Morgan fingerprint density at radius 1 is 1.03 bits per heavy atom. The van der Waals surface area contributed by atoms with Gasteiger partial charge in [-0.15, -0.1) is 0 Å². The van der Waals surface area contributed by atoms with Crippen molar-refractivity contribution < 1.29 is 19.1 Å². The van der Waals surface area contributed by atoms with E-state index in [0.29, 0.717) is 11.1 Å². The molecule has 0 bridgehead atoms. The summed E-state index contributed by atoms with van der Waals surface area (Å²) in [6.07, 6.45) is 1.01. The maximum absolute atomic E-state index is 12.7. The number of carbonyl (C=O) groups is 2. The van der Waals surface area contributed by atoms with Gasteiger partial charge in [-0.3, -0.25) is 9.69 Å². The van der Waals surface area contributed by atoms with Crippen LogP contribution in [0, 0.1) is 0 Å². The van der Waals surface area contributed by atoms with Gasteiger partial charge in [0.25, 0.3) is 5.91 Å². The van der Waals surface area contributed by atoms with Gasteiger partial charge in [-0.25, -0.2) is 4.79 Å². The summed E-state index contributed by atoms with van der Waals surface area (Å²) >= 11 is 0. The van der Waals surface area contributed by atoms with Crippen LogP contribution in [0.4, 0.5) is 0 Å². The number of nitrogens with zero attached hydrogens (tertiary/aromatic N) is 1. The minimum Gasteiger partial charge on any atom is -0.444 e. The van der Waals surface area contributed by atoms with Crippen molar-refractivity contribution >= 4 is 11.9 Å². The highest BCUT2D eigenvalue weighted by Crippen LogP contribution is 2.24. The summed E-state index contributed by atoms with van der Waals surface area (Å²) in [4.78, 5) is 27.7. The predicted molar refractivity (Wildman–Crippen MR) is 108 cm³/mol. The van der Waals surface area contributed by atoms with Crippen LogP contribution in [0.5, 0.6) is 0 Å². The van der Waals surface area contributed by atoms with E-state index in [1.807, 2.05) is 30.3 Å². The van der Waals surface area contributed by atoms with Crippen molar-refractivity contribution in [3.63, 3.8) is 0 Å². The molecule has 2 aromatic rings. The van der Waals surface area contributed by atoms with Crippen molar-refractivity contribution in [3.8, 4) is 0 Å². The molecule has 2 fully saturated rings. The fourth-order valence-electron chi connectivity index (χ4n) is 3.34. The minimum atomic E-state index is -0.947. The van der Waals surface area contributed by atoms with Crippen LogP contribution in [0.1, 0.15) is 40.4 Å². The summed E-state index contributed by atoms with van der Waals surface area (Å²) in [5, 5.41) is 2.93. The van der Waals surface area contributed by atoms with Crippen molar-refractivity contribution in [1.82, 2.24) is 10.2 Å².